The van der Waals surface area contributed by atoms with Crippen molar-refractivity contribution in [2.75, 3.05) is 0 Å². The molecule has 0 saturated heterocycles. The largest absolute Gasteiger partial charge is 0.506 e. The number of rotatable bonds is 4. The van der Waals surface area contributed by atoms with Crippen molar-refractivity contribution in [3.05, 3.63) is 53.3 Å². The summed E-state index contributed by atoms with van der Waals surface area (Å²) >= 11 is 0. The fourth-order valence-corrected chi connectivity index (χ4v) is 1.71. The van der Waals surface area contributed by atoms with E-state index >= 15 is 0 Å². The molecule has 2 rings (SSSR count). The number of aryl methyl sites for hydroxylation is 2. The summed E-state index contributed by atoms with van der Waals surface area (Å²) in [6.45, 7) is 0.582. The van der Waals surface area contributed by atoms with Gasteiger partial charge in [-0.2, -0.15) is 0 Å². The van der Waals surface area contributed by atoms with E-state index in [1.165, 1.54) is 5.56 Å². The number of hydrogen-bond acceptors (Lipinski definition) is 2. The molecule has 3 heteroatoms. The molecule has 0 aliphatic rings. The molecule has 1 aromatic carbocycles. The fraction of sp³-hybridized carbons (Fsp3) is 0.231. The third-order valence-corrected chi connectivity index (χ3v) is 2.75. The number of aromatic amines is 1. The third kappa shape index (κ3) is 2.44. The number of nitrogens with two attached hydrogens (primary N) is 1. The van der Waals surface area contributed by atoms with Crippen LogP contribution in [0.15, 0.2) is 36.7 Å². The van der Waals surface area contributed by atoms with Crippen molar-refractivity contribution in [2.45, 2.75) is 19.4 Å². The zero-order chi connectivity index (χ0) is 11.4. The zero-order valence-electron chi connectivity index (χ0n) is 9.11. The van der Waals surface area contributed by atoms with Gasteiger partial charge in [0.1, 0.15) is 5.75 Å². The van der Waals surface area contributed by atoms with Gasteiger partial charge >= 0.3 is 0 Å². The molecule has 3 nitrogen and oxygen atoms in total. The van der Waals surface area contributed by atoms with Gasteiger partial charge in [0.15, 0.2) is 0 Å². The Morgan fingerprint density at radius 1 is 1.00 bits per heavy atom. The number of hydrogen-bond donors (Lipinski definition) is 3. The summed E-state index contributed by atoms with van der Waals surface area (Å²) < 4.78 is 0. The van der Waals surface area contributed by atoms with Crippen LogP contribution >= 0.6 is 0 Å². The Kier molecular flexibility index (Phi) is 3.27. The maximum Gasteiger partial charge on any atom is 0.136 e. The normalized spacial score (nSPS) is 10.6. The molecule has 0 amide bonds. The highest BCUT2D eigenvalue weighted by molar-refractivity contribution is 5.30. The summed E-state index contributed by atoms with van der Waals surface area (Å²) in [5, 5.41) is 9.46. The highest BCUT2D eigenvalue weighted by Gasteiger charge is 2.02. The SMILES string of the molecule is NCc1ccc(CCc2c[nH]cc2O)cc1. The maximum atomic E-state index is 9.46. The van der Waals surface area contributed by atoms with Crippen LogP contribution in [0.2, 0.25) is 0 Å². The van der Waals surface area contributed by atoms with Gasteiger partial charge in [0.2, 0.25) is 0 Å². The van der Waals surface area contributed by atoms with Gasteiger partial charge in [-0.3, -0.25) is 0 Å². The van der Waals surface area contributed by atoms with E-state index in [-0.39, 0.29) is 0 Å². The smallest absolute Gasteiger partial charge is 0.136 e. The highest BCUT2D eigenvalue weighted by atomic mass is 16.3. The van der Waals surface area contributed by atoms with Gasteiger partial charge in [-0.1, -0.05) is 24.3 Å². The van der Waals surface area contributed by atoms with Crippen LogP contribution in [0.4, 0.5) is 0 Å². The van der Waals surface area contributed by atoms with Gasteiger partial charge in [0, 0.05) is 24.5 Å². The van der Waals surface area contributed by atoms with Crippen LogP contribution < -0.4 is 5.73 Å². The van der Waals surface area contributed by atoms with E-state index in [1.807, 2.05) is 18.3 Å². The number of benzene rings is 1. The van der Waals surface area contributed by atoms with Crippen molar-refractivity contribution in [3.63, 3.8) is 0 Å². The minimum atomic E-state index is 0.346. The van der Waals surface area contributed by atoms with Crippen LogP contribution in [0.1, 0.15) is 16.7 Å². The van der Waals surface area contributed by atoms with E-state index in [1.54, 1.807) is 6.20 Å². The molecule has 0 atom stereocenters. The van der Waals surface area contributed by atoms with E-state index < -0.39 is 0 Å². The maximum absolute atomic E-state index is 9.46. The molecule has 0 spiro atoms. The summed E-state index contributed by atoms with van der Waals surface area (Å²) in [6, 6.07) is 8.27. The van der Waals surface area contributed by atoms with E-state index in [9.17, 15) is 5.11 Å². The topological polar surface area (TPSA) is 62.0 Å². The van der Waals surface area contributed by atoms with Crippen molar-refractivity contribution in [1.82, 2.24) is 4.98 Å². The first kappa shape index (κ1) is 10.8. The van der Waals surface area contributed by atoms with Crippen molar-refractivity contribution in [2.24, 2.45) is 5.73 Å². The van der Waals surface area contributed by atoms with Crippen molar-refractivity contribution in [3.8, 4) is 5.75 Å². The van der Waals surface area contributed by atoms with Crippen LogP contribution in [-0.2, 0) is 19.4 Å². The lowest BCUT2D eigenvalue weighted by atomic mass is 10.0. The summed E-state index contributed by atoms with van der Waals surface area (Å²) in [4.78, 5) is 2.89. The van der Waals surface area contributed by atoms with Gasteiger partial charge < -0.3 is 15.8 Å². The second kappa shape index (κ2) is 4.86. The molecule has 0 aliphatic carbocycles. The molecule has 0 fully saturated rings. The van der Waals surface area contributed by atoms with E-state index in [4.69, 9.17) is 5.73 Å². The van der Waals surface area contributed by atoms with Crippen molar-refractivity contribution in [1.29, 1.82) is 0 Å². The average Bonchev–Trinajstić information content (AvgIpc) is 2.73. The molecule has 0 radical (unpaired) electrons. The van der Waals surface area contributed by atoms with E-state index in [0.29, 0.717) is 12.3 Å². The highest BCUT2D eigenvalue weighted by Crippen LogP contribution is 2.17. The Bertz CT molecular complexity index is 445. The fourth-order valence-electron chi connectivity index (χ4n) is 1.71. The number of H-pyrrole nitrogens is 1. The Labute approximate surface area is 94.9 Å². The lowest BCUT2D eigenvalue weighted by molar-refractivity contribution is 0.469. The van der Waals surface area contributed by atoms with Gasteiger partial charge in [-0.05, 0) is 24.0 Å². The molecule has 0 aliphatic heterocycles. The summed E-state index contributed by atoms with van der Waals surface area (Å²) in [5.74, 6) is 0.346. The number of nitrogens with one attached hydrogen (secondary N) is 1. The molecule has 4 N–H and O–H groups in total. The molecule has 0 saturated carbocycles. The minimum absolute atomic E-state index is 0.346. The summed E-state index contributed by atoms with van der Waals surface area (Å²) in [7, 11) is 0. The Morgan fingerprint density at radius 3 is 2.25 bits per heavy atom. The molecule has 1 heterocycles. The van der Waals surface area contributed by atoms with E-state index in [0.717, 1.165) is 24.0 Å². The standard InChI is InChI=1S/C13H16N2O/c14-7-11-3-1-10(2-4-11)5-6-12-8-15-9-13(12)16/h1-4,8-9,15-16H,5-7,14H2. The van der Waals surface area contributed by atoms with Crippen molar-refractivity contribution < 1.29 is 5.11 Å². The summed E-state index contributed by atoms with van der Waals surface area (Å²) in [6.07, 6.45) is 5.21. The predicted molar refractivity (Wildman–Crippen MR) is 64.2 cm³/mol. The molecule has 0 unspecified atom stereocenters. The zero-order valence-corrected chi connectivity index (χ0v) is 9.11. The van der Waals surface area contributed by atoms with Gasteiger partial charge in [-0.25, -0.2) is 0 Å². The van der Waals surface area contributed by atoms with Crippen molar-refractivity contribution >= 4 is 0 Å². The van der Waals surface area contributed by atoms with E-state index in [2.05, 4.69) is 17.1 Å². The third-order valence-electron chi connectivity index (χ3n) is 2.75. The lowest BCUT2D eigenvalue weighted by Crippen LogP contribution is -1.96. The second-order valence-corrected chi connectivity index (χ2v) is 3.89. The second-order valence-electron chi connectivity index (χ2n) is 3.89. The van der Waals surface area contributed by atoms with Crippen LogP contribution in [0, 0.1) is 0 Å². The Morgan fingerprint density at radius 2 is 1.69 bits per heavy atom. The first-order valence-electron chi connectivity index (χ1n) is 5.42. The van der Waals surface area contributed by atoms with Crippen LogP contribution in [0.5, 0.6) is 5.75 Å². The van der Waals surface area contributed by atoms with Gasteiger partial charge in [-0.15, -0.1) is 0 Å². The van der Waals surface area contributed by atoms with Crippen LogP contribution in [0.3, 0.4) is 0 Å². The first-order valence-corrected chi connectivity index (χ1v) is 5.42. The molecule has 2 aromatic rings. The molecular formula is C13H16N2O. The van der Waals surface area contributed by atoms with Crippen LogP contribution in [0.25, 0.3) is 0 Å². The first-order chi connectivity index (χ1) is 7.79. The van der Waals surface area contributed by atoms with Gasteiger partial charge in [0.25, 0.3) is 0 Å². The lowest BCUT2D eigenvalue weighted by Gasteiger charge is -2.02. The molecular weight excluding hydrogens is 200 g/mol. The summed E-state index contributed by atoms with van der Waals surface area (Å²) in [5.41, 5.74) is 8.90. The number of aromatic nitrogens is 1. The number of aromatic hydroxyl groups is 1. The molecule has 0 bridgehead atoms. The predicted octanol–water partition coefficient (Wildman–Crippen LogP) is 1.96. The Hall–Kier alpha value is -1.74. The Balaban J connectivity index is 1.97. The minimum Gasteiger partial charge on any atom is -0.506 e. The average molecular weight is 216 g/mol. The quantitative estimate of drug-likeness (QED) is 0.731. The monoisotopic (exact) mass is 216 g/mol. The molecule has 84 valence electrons. The molecule has 1 aromatic heterocycles. The van der Waals surface area contributed by atoms with Gasteiger partial charge in [0.05, 0.1) is 0 Å². The molecule has 16 heavy (non-hydrogen) atoms. The van der Waals surface area contributed by atoms with Crippen LogP contribution in [-0.4, -0.2) is 10.1 Å².